The average Bonchev–Trinajstić information content (AvgIpc) is 3.07. The van der Waals surface area contributed by atoms with Gasteiger partial charge in [0.25, 0.3) is 0 Å². The Kier molecular flexibility index (Phi) is 4.53. The minimum atomic E-state index is -3.62. The fourth-order valence-corrected chi connectivity index (χ4v) is 5.24. The second-order valence-corrected chi connectivity index (χ2v) is 9.80. The summed E-state index contributed by atoms with van der Waals surface area (Å²) in [4.78, 5) is 1.47. The lowest BCUT2D eigenvalue weighted by atomic mass is 10.0. The summed E-state index contributed by atoms with van der Waals surface area (Å²) in [5.74, 6) is 2.12. The van der Waals surface area contributed by atoms with E-state index in [1.165, 1.54) is 16.0 Å². The third-order valence-corrected chi connectivity index (χ3v) is 7.13. The van der Waals surface area contributed by atoms with Gasteiger partial charge in [0.05, 0.1) is 4.90 Å². The molecule has 0 bridgehead atoms. The highest BCUT2D eigenvalue weighted by Gasteiger charge is 2.57. The van der Waals surface area contributed by atoms with Crippen LogP contribution in [0.25, 0.3) is 0 Å². The molecule has 2 aromatic rings. The van der Waals surface area contributed by atoms with E-state index >= 15 is 0 Å². The number of sulfonamides is 1. The number of hydrogen-bond acceptors (Lipinski definition) is 3. The number of thioether (sulfide) groups is 1. The molecule has 0 unspecified atom stereocenters. The van der Waals surface area contributed by atoms with Gasteiger partial charge < -0.3 is 0 Å². The first-order chi connectivity index (χ1) is 11.2. The van der Waals surface area contributed by atoms with Crippen LogP contribution < -0.4 is 5.14 Å². The SMILES string of the molecule is Cc1ccc(SC[C@H]2[C@H](c3ccc(S(N)(=O)=O)cc3)C2(C)C)cc1. The third kappa shape index (κ3) is 3.53. The largest absolute Gasteiger partial charge is 0.238 e. The zero-order valence-electron chi connectivity index (χ0n) is 14.2. The zero-order valence-corrected chi connectivity index (χ0v) is 15.8. The van der Waals surface area contributed by atoms with Crippen molar-refractivity contribution in [2.45, 2.75) is 36.5 Å². The second-order valence-electron chi connectivity index (χ2n) is 7.14. The second kappa shape index (κ2) is 6.21. The van der Waals surface area contributed by atoms with Crippen LogP contribution in [-0.2, 0) is 10.0 Å². The zero-order chi connectivity index (χ0) is 17.5. The molecule has 0 aliphatic heterocycles. The van der Waals surface area contributed by atoms with E-state index in [1.54, 1.807) is 12.1 Å². The molecule has 128 valence electrons. The molecule has 24 heavy (non-hydrogen) atoms. The number of nitrogens with two attached hydrogens (primary N) is 1. The van der Waals surface area contributed by atoms with Gasteiger partial charge in [-0.3, -0.25) is 0 Å². The summed E-state index contributed by atoms with van der Waals surface area (Å²) in [5.41, 5.74) is 2.71. The lowest BCUT2D eigenvalue weighted by Gasteiger charge is -2.04. The quantitative estimate of drug-likeness (QED) is 0.813. The molecule has 2 atom stereocenters. The van der Waals surface area contributed by atoms with Crippen LogP contribution in [0.15, 0.2) is 58.3 Å². The predicted molar refractivity (Wildman–Crippen MR) is 99.7 cm³/mol. The van der Waals surface area contributed by atoms with E-state index in [2.05, 4.69) is 45.0 Å². The van der Waals surface area contributed by atoms with Gasteiger partial charge in [-0.15, -0.1) is 11.8 Å². The summed E-state index contributed by atoms with van der Waals surface area (Å²) in [6.07, 6.45) is 0. The number of aryl methyl sites for hydroxylation is 1. The summed E-state index contributed by atoms with van der Waals surface area (Å²) in [6, 6.07) is 15.7. The van der Waals surface area contributed by atoms with Crippen LogP contribution in [0.2, 0.25) is 0 Å². The topological polar surface area (TPSA) is 60.2 Å². The van der Waals surface area contributed by atoms with E-state index in [-0.39, 0.29) is 10.3 Å². The van der Waals surface area contributed by atoms with Crippen molar-refractivity contribution in [1.29, 1.82) is 0 Å². The van der Waals surface area contributed by atoms with Gasteiger partial charge in [-0.1, -0.05) is 43.7 Å². The van der Waals surface area contributed by atoms with Crippen molar-refractivity contribution in [1.82, 2.24) is 0 Å². The van der Waals surface area contributed by atoms with E-state index in [0.29, 0.717) is 11.8 Å². The number of benzene rings is 2. The van der Waals surface area contributed by atoms with Gasteiger partial charge >= 0.3 is 0 Å². The molecule has 3 nitrogen and oxygen atoms in total. The molecule has 3 rings (SSSR count). The maximum atomic E-state index is 11.4. The molecule has 0 aromatic heterocycles. The van der Waals surface area contributed by atoms with Crippen LogP contribution >= 0.6 is 11.8 Å². The molecule has 5 heteroatoms. The molecule has 0 spiro atoms. The number of rotatable bonds is 5. The Labute approximate surface area is 148 Å². The summed E-state index contributed by atoms with van der Waals surface area (Å²) < 4.78 is 22.8. The highest BCUT2D eigenvalue weighted by atomic mass is 32.2. The number of hydrogen-bond donors (Lipinski definition) is 1. The standard InChI is InChI=1S/C19H23NO2S2/c1-13-4-8-15(9-5-13)23-12-17-18(19(17,2)3)14-6-10-16(11-7-14)24(20,21)22/h4-11,17-18H,12H2,1-3H3,(H2,20,21,22)/t17-,18-/m0/s1. The van der Waals surface area contributed by atoms with Gasteiger partial charge in [0, 0.05) is 10.6 Å². The van der Waals surface area contributed by atoms with E-state index in [1.807, 2.05) is 23.9 Å². The van der Waals surface area contributed by atoms with Crippen molar-refractivity contribution in [3.8, 4) is 0 Å². The van der Waals surface area contributed by atoms with E-state index in [9.17, 15) is 8.42 Å². The van der Waals surface area contributed by atoms with Crippen molar-refractivity contribution in [3.63, 3.8) is 0 Å². The van der Waals surface area contributed by atoms with E-state index < -0.39 is 10.0 Å². The fraction of sp³-hybridized carbons (Fsp3) is 0.368. The smallest absolute Gasteiger partial charge is 0.225 e. The molecule has 1 aliphatic rings. The van der Waals surface area contributed by atoms with Crippen LogP contribution in [0.5, 0.6) is 0 Å². The molecule has 0 amide bonds. The summed E-state index contributed by atoms with van der Waals surface area (Å²) in [7, 11) is -3.62. The van der Waals surface area contributed by atoms with Crippen LogP contribution in [0.1, 0.15) is 30.9 Å². The van der Waals surface area contributed by atoms with Gasteiger partial charge in [-0.2, -0.15) is 0 Å². The van der Waals surface area contributed by atoms with E-state index in [0.717, 1.165) is 5.75 Å². The number of primary sulfonamides is 1. The summed E-state index contributed by atoms with van der Waals surface area (Å²) >= 11 is 1.89. The Bertz CT molecular complexity index is 825. The molecule has 2 aromatic carbocycles. The lowest BCUT2D eigenvalue weighted by Crippen LogP contribution is -2.11. The average molecular weight is 362 g/mol. The van der Waals surface area contributed by atoms with Gasteiger partial charge in [-0.25, -0.2) is 13.6 Å². The molecule has 0 radical (unpaired) electrons. The predicted octanol–water partition coefficient (Wildman–Crippen LogP) is 4.17. The summed E-state index contributed by atoms with van der Waals surface area (Å²) in [5, 5.41) is 5.17. The van der Waals surface area contributed by atoms with Crippen LogP contribution in [0, 0.1) is 18.3 Å². The maximum Gasteiger partial charge on any atom is 0.238 e. The fourth-order valence-electron chi connectivity index (χ4n) is 3.40. The molecule has 0 saturated heterocycles. The van der Waals surface area contributed by atoms with Crippen molar-refractivity contribution in [2.75, 3.05) is 5.75 Å². The monoisotopic (exact) mass is 361 g/mol. The van der Waals surface area contributed by atoms with E-state index in [4.69, 9.17) is 5.14 Å². The molecular formula is C19H23NO2S2. The molecule has 0 heterocycles. The highest BCUT2D eigenvalue weighted by Crippen LogP contribution is 2.65. The Balaban J connectivity index is 1.69. The molecule has 1 saturated carbocycles. The Morgan fingerprint density at radius 3 is 2.17 bits per heavy atom. The van der Waals surface area contributed by atoms with Gasteiger partial charge in [-0.05, 0) is 54.0 Å². The summed E-state index contributed by atoms with van der Waals surface area (Å²) in [6.45, 7) is 6.66. The van der Waals surface area contributed by atoms with Crippen molar-refractivity contribution in [2.24, 2.45) is 16.5 Å². The van der Waals surface area contributed by atoms with Gasteiger partial charge in [0.1, 0.15) is 0 Å². The molecule has 1 aliphatic carbocycles. The Morgan fingerprint density at radius 2 is 1.62 bits per heavy atom. The molecule has 2 N–H and O–H groups in total. The highest BCUT2D eigenvalue weighted by molar-refractivity contribution is 7.99. The van der Waals surface area contributed by atoms with Crippen molar-refractivity contribution < 1.29 is 8.42 Å². The first kappa shape index (κ1) is 17.5. The lowest BCUT2D eigenvalue weighted by molar-refractivity contribution is 0.578. The Hall–Kier alpha value is -1.30. The first-order valence-electron chi connectivity index (χ1n) is 8.02. The van der Waals surface area contributed by atoms with Crippen LogP contribution in [0.3, 0.4) is 0 Å². The molecule has 1 fully saturated rings. The first-order valence-corrected chi connectivity index (χ1v) is 10.5. The maximum absolute atomic E-state index is 11.4. The normalized spacial score (nSPS) is 22.3. The van der Waals surface area contributed by atoms with Crippen molar-refractivity contribution in [3.05, 3.63) is 59.7 Å². The van der Waals surface area contributed by atoms with Gasteiger partial charge in [0.2, 0.25) is 10.0 Å². The van der Waals surface area contributed by atoms with Gasteiger partial charge in [0.15, 0.2) is 0 Å². The minimum Gasteiger partial charge on any atom is -0.225 e. The third-order valence-electron chi connectivity index (χ3n) is 5.07. The van der Waals surface area contributed by atoms with Crippen LogP contribution in [-0.4, -0.2) is 14.2 Å². The molecular weight excluding hydrogens is 338 g/mol. The minimum absolute atomic E-state index is 0.176. The van der Waals surface area contributed by atoms with Crippen LogP contribution in [0.4, 0.5) is 0 Å². The van der Waals surface area contributed by atoms with Crippen molar-refractivity contribution >= 4 is 21.8 Å². The Morgan fingerprint density at radius 1 is 1.04 bits per heavy atom.